The van der Waals surface area contributed by atoms with Gasteiger partial charge < -0.3 is 11.1 Å². The summed E-state index contributed by atoms with van der Waals surface area (Å²) in [5, 5.41) is 3.18. The zero-order valence-electron chi connectivity index (χ0n) is 7.59. The molecule has 1 rings (SSSR count). The highest BCUT2D eigenvalue weighted by molar-refractivity contribution is 6.31. The van der Waals surface area contributed by atoms with Gasteiger partial charge in [0.1, 0.15) is 0 Å². The SMILES string of the molecule is C=CC(=O)Nc1cccc(Cl)c1CN. The van der Waals surface area contributed by atoms with Crippen molar-refractivity contribution in [1.82, 2.24) is 0 Å². The number of amides is 1. The summed E-state index contributed by atoms with van der Waals surface area (Å²) in [4.78, 5) is 11.0. The molecule has 0 heterocycles. The second-order valence-electron chi connectivity index (χ2n) is 2.66. The van der Waals surface area contributed by atoms with Crippen LogP contribution in [0.25, 0.3) is 0 Å². The summed E-state index contributed by atoms with van der Waals surface area (Å²) in [6.45, 7) is 3.64. The number of nitrogens with one attached hydrogen (secondary N) is 1. The van der Waals surface area contributed by atoms with Crippen LogP contribution in [0.3, 0.4) is 0 Å². The molecule has 0 fully saturated rings. The van der Waals surface area contributed by atoms with Crippen LogP contribution in [0.5, 0.6) is 0 Å². The maximum Gasteiger partial charge on any atom is 0.247 e. The fraction of sp³-hybridized carbons (Fsp3) is 0.100. The van der Waals surface area contributed by atoms with E-state index in [-0.39, 0.29) is 12.5 Å². The van der Waals surface area contributed by atoms with Crippen molar-refractivity contribution in [1.29, 1.82) is 0 Å². The molecule has 0 aromatic heterocycles. The van der Waals surface area contributed by atoms with Gasteiger partial charge in [0.25, 0.3) is 0 Å². The Morgan fingerprint density at radius 3 is 2.93 bits per heavy atom. The highest BCUT2D eigenvalue weighted by Crippen LogP contribution is 2.23. The van der Waals surface area contributed by atoms with Gasteiger partial charge in [-0.15, -0.1) is 0 Å². The van der Waals surface area contributed by atoms with Gasteiger partial charge in [0.15, 0.2) is 0 Å². The van der Waals surface area contributed by atoms with Crippen LogP contribution in [0.1, 0.15) is 5.56 Å². The molecule has 0 atom stereocenters. The van der Waals surface area contributed by atoms with E-state index in [1.165, 1.54) is 6.08 Å². The van der Waals surface area contributed by atoms with E-state index in [1.54, 1.807) is 18.2 Å². The first-order valence-corrected chi connectivity index (χ1v) is 4.47. The number of anilines is 1. The Bertz CT molecular complexity index is 363. The molecule has 1 aromatic rings. The summed E-state index contributed by atoms with van der Waals surface area (Å²) in [6.07, 6.45) is 1.20. The number of carbonyl (C=O) groups is 1. The minimum absolute atomic E-state index is 0.276. The predicted molar refractivity (Wildman–Crippen MR) is 58.2 cm³/mol. The van der Waals surface area contributed by atoms with E-state index >= 15 is 0 Å². The summed E-state index contributed by atoms with van der Waals surface area (Å²) in [5.74, 6) is -0.276. The van der Waals surface area contributed by atoms with Crippen molar-refractivity contribution in [3.63, 3.8) is 0 Å². The number of nitrogens with two attached hydrogens (primary N) is 1. The van der Waals surface area contributed by atoms with E-state index in [1.807, 2.05) is 0 Å². The molecule has 3 N–H and O–H groups in total. The zero-order valence-corrected chi connectivity index (χ0v) is 8.34. The van der Waals surface area contributed by atoms with Crippen molar-refractivity contribution >= 4 is 23.2 Å². The summed E-state index contributed by atoms with van der Waals surface area (Å²) < 4.78 is 0. The van der Waals surface area contributed by atoms with Gasteiger partial charge in [-0.1, -0.05) is 24.2 Å². The molecule has 0 unspecified atom stereocenters. The van der Waals surface area contributed by atoms with E-state index in [0.29, 0.717) is 10.7 Å². The Labute approximate surface area is 87.6 Å². The zero-order chi connectivity index (χ0) is 10.6. The number of halogens is 1. The molecule has 3 nitrogen and oxygen atoms in total. The van der Waals surface area contributed by atoms with Gasteiger partial charge in [0.2, 0.25) is 5.91 Å². The number of hydrogen-bond acceptors (Lipinski definition) is 2. The van der Waals surface area contributed by atoms with Crippen molar-refractivity contribution in [3.8, 4) is 0 Å². The lowest BCUT2D eigenvalue weighted by Gasteiger charge is -2.09. The van der Waals surface area contributed by atoms with E-state index < -0.39 is 0 Å². The van der Waals surface area contributed by atoms with E-state index in [9.17, 15) is 4.79 Å². The lowest BCUT2D eigenvalue weighted by molar-refractivity contribution is -0.111. The van der Waals surface area contributed by atoms with Gasteiger partial charge >= 0.3 is 0 Å². The standard InChI is InChI=1S/C10H11ClN2O/c1-2-10(14)13-9-5-3-4-8(11)7(9)6-12/h2-5H,1,6,12H2,(H,13,14). The maximum atomic E-state index is 11.0. The van der Waals surface area contributed by atoms with Gasteiger partial charge in [-0.2, -0.15) is 0 Å². The molecule has 4 heteroatoms. The highest BCUT2D eigenvalue weighted by Gasteiger charge is 2.06. The molecule has 0 aliphatic carbocycles. The molecule has 0 saturated carbocycles. The number of carbonyl (C=O) groups excluding carboxylic acids is 1. The monoisotopic (exact) mass is 210 g/mol. The smallest absolute Gasteiger partial charge is 0.247 e. The van der Waals surface area contributed by atoms with E-state index in [0.717, 1.165) is 5.56 Å². The molecule has 1 amide bonds. The summed E-state index contributed by atoms with van der Waals surface area (Å²) >= 11 is 5.90. The van der Waals surface area contributed by atoms with Crippen molar-refractivity contribution in [2.24, 2.45) is 5.73 Å². The topological polar surface area (TPSA) is 55.1 Å². The molecule has 1 aromatic carbocycles. The van der Waals surface area contributed by atoms with Crippen LogP contribution in [0.2, 0.25) is 5.02 Å². The summed E-state index contributed by atoms with van der Waals surface area (Å²) in [7, 11) is 0. The third-order valence-electron chi connectivity index (χ3n) is 1.77. The average Bonchev–Trinajstić information content (AvgIpc) is 2.18. The largest absolute Gasteiger partial charge is 0.326 e. The Morgan fingerprint density at radius 1 is 1.64 bits per heavy atom. The number of rotatable bonds is 3. The molecule has 0 aliphatic heterocycles. The molecule has 14 heavy (non-hydrogen) atoms. The highest BCUT2D eigenvalue weighted by atomic mass is 35.5. The molecule has 0 radical (unpaired) electrons. The van der Waals surface area contributed by atoms with Crippen LogP contribution in [-0.4, -0.2) is 5.91 Å². The van der Waals surface area contributed by atoms with Gasteiger partial charge in [0, 0.05) is 22.8 Å². The molecule has 0 saturated heterocycles. The third-order valence-corrected chi connectivity index (χ3v) is 2.12. The molecular formula is C10H11ClN2O. The Kier molecular flexibility index (Phi) is 3.68. The van der Waals surface area contributed by atoms with Crippen LogP contribution in [0, 0.1) is 0 Å². The fourth-order valence-electron chi connectivity index (χ4n) is 1.07. The van der Waals surface area contributed by atoms with Crippen molar-refractivity contribution in [2.45, 2.75) is 6.54 Å². The Hall–Kier alpha value is -1.32. The van der Waals surface area contributed by atoms with Crippen molar-refractivity contribution in [3.05, 3.63) is 41.4 Å². The molecule has 0 bridgehead atoms. The second kappa shape index (κ2) is 4.79. The van der Waals surface area contributed by atoms with E-state index in [2.05, 4.69) is 11.9 Å². The molecule has 74 valence electrons. The van der Waals surface area contributed by atoms with Gasteiger partial charge in [-0.3, -0.25) is 4.79 Å². The van der Waals surface area contributed by atoms with Crippen LogP contribution < -0.4 is 11.1 Å². The fourth-order valence-corrected chi connectivity index (χ4v) is 1.32. The lowest BCUT2D eigenvalue weighted by atomic mass is 10.2. The van der Waals surface area contributed by atoms with Gasteiger partial charge in [0.05, 0.1) is 0 Å². The lowest BCUT2D eigenvalue weighted by Crippen LogP contribution is -2.11. The average molecular weight is 211 g/mol. The minimum atomic E-state index is -0.276. The molecule has 0 aliphatic rings. The number of benzene rings is 1. The maximum absolute atomic E-state index is 11.0. The summed E-state index contributed by atoms with van der Waals surface area (Å²) in [6, 6.07) is 5.23. The first-order valence-electron chi connectivity index (χ1n) is 4.10. The first-order chi connectivity index (χ1) is 6.69. The first kappa shape index (κ1) is 10.8. The molecular weight excluding hydrogens is 200 g/mol. The van der Waals surface area contributed by atoms with E-state index in [4.69, 9.17) is 17.3 Å². The van der Waals surface area contributed by atoms with Crippen LogP contribution in [-0.2, 0) is 11.3 Å². The Morgan fingerprint density at radius 2 is 2.36 bits per heavy atom. The van der Waals surface area contributed by atoms with Gasteiger partial charge in [-0.25, -0.2) is 0 Å². The Balaban J connectivity index is 3.01. The number of hydrogen-bond donors (Lipinski definition) is 2. The third kappa shape index (κ3) is 2.34. The second-order valence-corrected chi connectivity index (χ2v) is 3.07. The van der Waals surface area contributed by atoms with Crippen LogP contribution >= 0.6 is 11.6 Å². The van der Waals surface area contributed by atoms with Crippen LogP contribution in [0.4, 0.5) is 5.69 Å². The van der Waals surface area contributed by atoms with Crippen molar-refractivity contribution in [2.75, 3.05) is 5.32 Å². The van der Waals surface area contributed by atoms with Gasteiger partial charge in [-0.05, 0) is 18.2 Å². The predicted octanol–water partition coefficient (Wildman–Crippen LogP) is 1.92. The molecule has 0 spiro atoms. The minimum Gasteiger partial charge on any atom is -0.326 e. The quantitative estimate of drug-likeness (QED) is 0.749. The summed E-state index contributed by atoms with van der Waals surface area (Å²) in [5.41, 5.74) is 6.86. The van der Waals surface area contributed by atoms with Crippen molar-refractivity contribution < 1.29 is 4.79 Å². The van der Waals surface area contributed by atoms with Crippen LogP contribution in [0.15, 0.2) is 30.9 Å². The normalized spacial score (nSPS) is 9.57.